The lowest BCUT2D eigenvalue weighted by atomic mass is 10.2. The number of carbonyl (C=O) groups excluding carboxylic acids is 1. The van der Waals surface area contributed by atoms with Gasteiger partial charge in [-0.2, -0.15) is 4.68 Å². The third kappa shape index (κ3) is 1.79. The van der Waals surface area contributed by atoms with Gasteiger partial charge in [-0.15, -0.1) is 5.10 Å². The topological polar surface area (TPSA) is 47.8 Å². The minimum absolute atomic E-state index is 0.130. The van der Waals surface area contributed by atoms with Crippen LogP contribution in [0.1, 0.15) is 17.5 Å². The summed E-state index contributed by atoms with van der Waals surface area (Å²) < 4.78 is 1.32. The van der Waals surface area contributed by atoms with Crippen LogP contribution in [0.15, 0.2) is 30.3 Å². The zero-order chi connectivity index (χ0) is 10.8. The lowest BCUT2D eigenvalue weighted by Crippen LogP contribution is -2.09. The summed E-state index contributed by atoms with van der Waals surface area (Å²) in [5, 5.41) is 4.04. The number of carbonyl (C=O) groups is 1. The molecule has 0 fully saturated rings. The van der Waals surface area contributed by atoms with E-state index in [1.54, 1.807) is 6.92 Å². The van der Waals surface area contributed by atoms with Crippen molar-refractivity contribution in [1.82, 2.24) is 14.8 Å². The molecule has 0 radical (unpaired) electrons. The van der Waals surface area contributed by atoms with Crippen LogP contribution in [0.3, 0.4) is 0 Å². The van der Waals surface area contributed by atoms with Gasteiger partial charge in [0.1, 0.15) is 5.82 Å². The summed E-state index contributed by atoms with van der Waals surface area (Å²) in [6.45, 7) is 3.24. The van der Waals surface area contributed by atoms with Crippen LogP contribution in [0, 0.1) is 6.92 Å². The largest absolute Gasteiger partial charge is 0.273 e. The molecule has 0 aliphatic rings. The lowest BCUT2D eigenvalue weighted by Gasteiger charge is -2.00. The van der Waals surface area contributed by atoms with Crippen LogP contribution in [0.5, 0.6) is 0 Å². The Morgan fingerprint density at radius 3 is 2.53 bits per heavy atom. The summed E-state index contributed by atoms with van der Waals surface area (Å²) in [5.41, 5.74) is 0.897. The van der Waals surface area contributed by atoms with E-state index in [2.05, 4.69) is 10.1 Å². The highest BCUT2D eigenvalue weighted by Gasteiger charge is 2.11. The average molecular weight is 201 g/mol. The summed E-state index contributed by atoms with van der Waals surface area (Å²) in [5.74, 6) is 1.07. The van der Waals surface area contributed by atoms with Gasteiger partial charge in [0.25, 0.3) is 0 Å². The smallest absolute Gasteiger partial charge is 0.245 e. The van der Waals surface area contributed by atoms with Gasteiger partial charge in [0, 0.05) is 12.5 Å². The van der Waals surface area contributed by atoms with Crippen LogP contribution in [0.25, 0.3) is 11.4 Å². The van der Waals surface area contributed by atoms with Gasteiger partial charge in [-0.05, 0) is 6.92 Å². The maximum absolute atomic E-state index is 11.3. The number of benzene rings is 1. The van der Waals surface area contributed by atoms with Gasteiger partial charge in [0.15, 0.2) is 5.82 Å². The van der Waals surface area contributed by atoms with Gasteiger partial charge < -0.3 is 0 Å². The van der Waals surface area contributed by atoms with Crippen LogP contribution in [-0.4, -0.2) is 20.7 Å². The molecule has 0 aliphatic heterocycles. The third-order valence-corrected chi connectivity index (χ3v) is 2.04. The number of nitrogens with zero attached hydrogens (tertiary/aromatic N) is 3. The number of aromatic nitrogens is 3. The zero-order valence-electron chi connectivity index (χ0n) is 8.64. The number of rotatable bonds is 1. The first kappa shape index (κ1) is 9.58. The second-order valence-electron chi connectivity index (χ2n) is 3.28. The van der Waals surface area contributed by atoms with Gasteiger partial charge in [-0.1, -0.05) is 30.3 Å². The predicted octanol–water partition coefficient (Wildman–Crippen LogP) is 1.91. The monoisotopic (exact) mass is 201 g/mol. The van der Waals surface area contributed by atoms with Crippen molar-refractivity contribution >= 4 is 5.91 Å². The van der Waals surface area contributed by atoms with Crippen molar-refractivity contribution in [2.75, 3.05) is 0 Å². The summed E-state index contributed by atoms with van der Waals surface area (Å²) in [6.07, 6.45) is 0. The lowest BCUT2D eigenvalue weighted by molar-refractivity contribution is 0.0923. The van der Waals surface area contributed by atoms with Crippen LogP contribution in [-0.2, 0) is 0 Å². The van der Waals surface area contributed by atoms with E-state index < -0.39 is 0 Å². The Morgan fingerprint density at radius 2 is 1.93 bits per heavy atom. The van der Waals surface area contributed by atoms with E-state index in [0.717, 1.165) is 5.56 Å². The highest BCUT2D eigenvalue weighted by Crippen LogP contribution is 2.16. The van der Waals surface area contributed by atoms with Gasteiger partial charge in [-0.3, -0.25) is 4.79 Å². The minimum atomic E-state index is -0.130. The molecule has 0 N–H and O–H groups in total. The minimum Gasteiger partial charge on any atom is -0.273 e. The number of aryl methyl sites for hydroxylation is 1. The first-order valence-electron chi connectivity index (χ1n) is 4.68. The molecular formula is C11H11N3O. The fourth-order valence-electron chi connectivity index (χ4n) is 1.41. The molecule has 0 amide bonds. The first-order valence-corrected chi connectivity index (χ1v) is 4.68. The molecule has 0 aliphatic carbocycles. The van der Waals surface area contributed by atoms with Gasteiger partial charge >= 0.3 is 0 Å². The Labute approximate surface area is 87.6 Å². The Hall–Kier alpha value is -1.97. The third-order valence-electron chi connectivity index (χ3n) is 2.04. The molecular weight excluding hydrogens is 190 g/mol. The van der Waals surface area contributed by atoms with E-state index in [-0.39, 0.29) is 5.91 Å². The van der Waals surface area contributed by atoms with E-state index in [1.165, 1.54) is 11.6 Å². The molecule has 4 nitrogen and oxygen atoms in total. The van der Waals surface area contributed by atoms with E-state index in [9.17, 15) is 4.79 Å². The quantitative estimate of drug-likeness (QED) is 0.708. The molecule has 4 heteroatoms. The SMILES string of the molecule is CC(=O)n1nc(C)nc1-c1ccccc1. The molecule has 0 atom stereocenters. The van der Waals surface area contributed by atoms with Crippen LogP contribution in [0.4, 0.5) is 0 Å². The van der Waals surface area contributed by atoms with E-state index >= 15 is 0 Å². The van der Waals surface area contributed by atoms with E-state index in [1.807, 2.05) is 30.3 Å². The Bertz CT molecular complexity index is 488. The molecule has 0 saturated heterocycles. The highest BCUT2D eigenvalue weighted by molar-refractivity contribution is 5.79. The molecule has 2 rings (SSSR count). The maximum atomic E-state index is 11.3. The molecule has 76 valence electrons. The van der Waals surface area contributed by atoms with Crippen LogP contribution >= 0.6 is 0 Å². The summed E-state index contributed by atoms with van der Waals surface area (Å²) >= 11 is 0. The number of hydrogen-bond donors (Lipinski definition) is 0. The standard InChI is InChI=1S/C11H11N3O/c1-8-12-11(14(13-8)9(2)15)10-6-4-3-5-7-10/h3-7H,1-2H3. The van der Waals surface area contributed by atoms with Crippen LogP contribution in [0.2, 0.25) is 0 Å². The van der Waals surface area contributed by atoms with Crippen molar-refractivity contribution in [1.29, 1.82) is 0 Å². The van der Waals surface area contributed by atoms with Crippen molar-refractivity contribution in [2.45, 2.75) is 13.8 Å². The average Bonchev–Trinajstić information content (AvgIpc) is 2.62. The Morgan fingerprint density at radius 1 is 1.27 bits per heavy atom. The molecule has 0 saturated carbocycles. The van der Waals surface area contributed by atoms with Crippen molar-refractivity contribution in [2.24, 2.45) is 0 Å². The van der Waals surface area contributed by atoms with Crippen molar-refractivity contribution in [3.05, 3.63) is 36.2 Å². The summed E-state index contributed by atoms with van der Waals surface area (Å²) in [7, 11) is 0. The summed E-state index contributed by atoms with van der Waals surface area (Å²) in [6, 6.07) is 9.55. The molecule has 0 unspecified atom stereocenters. The molecule has 0 bridgehead atoms. The maximum Gasteiger partial charge on any atom is 0.245 e. The van der Waals surface area contributed by atoms with Crippen molar-refractivity contribution in [3.63, 3.8) is 0 Å². The predicted molar refractivity (Wildman–Crippen MR) is 56.5 cm³/mol. The van der Waals surface area contributed by atoms with E-state index in [4.69, 9.17) is 0 Å². The van der Waals surface area contributed by atoms with Crippen molar-refractivity contribution < 1.29 is 4.79 Å². The second kappa shape index (κ2) is 3.65. The summed E-state index contributed by atoms with van der Waals surface area (Å²) in [4.78, 5) is 15.5. The van der Waals surface area contributed by atoms with Crippen molar-refractivity contribution in [3.8, 4) is 11.4 Å². The normalized spacial score (nSPS) is 10.3. The fraction of sp³-hybridized carbons (Fsp3) is 0.182. The molecule has 1 heterocycles. The first-order chi connectivity index (χ1) is 7.18. The molecule has 2 aromatic rings. The van der Waals surface area contributed by atoms with Gasteiger partial charge in [0.2, 0.25) is 5.91 Å². The molecule has 1 aromatic carbocycles. The van der Waals surface area contributed by atoms with Crippen LogP contribution < -0.4 is 0 Å². The zero-order valence-corrected chi connectivity index (χ0v) is 8.64. The van der Waals surface area contributed by atoms with Gasteiger partial charge in [-0.25, -0.2) is 4.98 Å². The fourth-order valence-corrected chi connectivity index (χ4v) is 1.41. The highest BCUT2D eigenvalue weighted by atomic mass is 16.2. The van der Waals surface area contributed by atoms with Gasteiger partial charge in [0.05, 0.1) is 0 Å². The second-order valence-corrected chi connectivity index (χ2v) is 3.28. The molecule has 15 heavy (non-hydrogen) atoms. The Kier molecular flexibility index (Phi) is 2.33. The molecule has 0 spiro atoms. The van der Waals surface area contributed by atoms with E-state index in [0.29, 0.717) is 11.6 Å². The Balaban J connectivity index is 2.58. The molecule has 1 aromatic heterocycles. The number of hydrogen-bond acceptors (Lipinski definition) is 3.